The minimum absolute atomic E-state index is 0.00176. The maximum Gasteiger partial charge on any atom is 0.150 e. The predicted molar refractivity (Wildman–Crippen MR) is 54.4 cm³/mol. The van der Waals surface area contributed by atoms with Crippen LogP contribution in [0.4, 0.5) is 4.39 Å². The molecular weight excluding hydrogens is 266 g/mol. The SMILES string of the molecule is C=C(Br)c1cc(Cl)cc(Cl)c1F. The van der Waals surface area contributed by atoms with Crippen LogP contribution in [0.15, 0.2) is 18.7 Å². The van der Waals surface area contributed by atoms with Crippen molar-refractivity contribution in [3.05, 3.63) is 40.1 Å². The van der Waals surface area contributed by atoms with Crippen LogP contribution in [0, 0.1) is 5.82 Å². The third kappa shape index (κ3) is 2.00. The Kier molecular flexibility index (Phi) is 3.16. The normalized spacial score (nSPS) is 10.0. The molecule has 1 aromatic rings. The summed E-state index contributed by atoms with van der Waals surface area (Å²) in [5.74, 6) is -0.511. The average Bonchev–Trinajstić information content (AvgIpc) is 1.96. The Morgan fingerprint density at radius 1 is 1.42 bits per heavy atom. The van der Waals surface area contributed by atoms with Gasteiger partial charge in [0, 0.05) is 15.1 Å². The van der Waals surface area contributed by atoms with E-state index in [1.165, 1.54) is 12.1 Å². The van der Waals surface area contributed by atoms with Crippen LogP contribution in [0.25, 0.3) is 4.48 Å². The van der Waals surface area contributed by atoms with Gasteiger partial charge in [0.05, 0.1) is 5.02 Å². The van der Waals surface area contributed by atoms with Crippen LogP contribution in [0.2, 0.25) is 10.0 Å². The second kappa shape index (κ2) is 3.77. The average molecular weight is 270 g/mol. The van der Waals surface area contributed by atoms with Crippen molar-refractivity contribution in [2.75, 3.05) is 0 Å². The predicted octanol–water partition coefficient (Wildman–Crippen LogP) is 4.50. The Labute approximate surface area is 88.1 Å². The molecule has 0 N–H and O–H groups in total. The van der Waals surface area contributed by atoms with Gasteiger partial charge in [0.2, 0.25) is 0 Å². The van der Waals surface area contributed by atoms with Crippen LogP contribution < -0.4 is 0 Å². The highest BCUT2D eigenvalue weighted by Gasteiger charge is 2.09. The van der Waals surface area contributed by atoms with Gasteiger partial charge in [0.25, 0.3) is 0 Å². The third-order valence-corrected chi connectivity index (χ3v) is 2.21. The van der Waals surface area contributed by atoms with Gasteiger partial charge in [-0.05, 0) is 12.1 Å². The molecule has 0 bridgehead atoms. The van der Waals surface area contributed by atoms with Crippen LogP contribution in [-0.4, -0.2) is 0 Å². The highest BCUT2D eigenvalue weighted by molar-refractivity contribution is 9.15. The fraction of sp³-hybridized carbons (Fsp3) is 0. The van der Waals surface area contributed by atoms with E-state index >= 15 is 0 Å². The lowest BCUT2D eigenvalue weighted by atomic mass is 10.2. The first-order chi connectivity index (χ1) is 5.52. The van der Waals surface area contributed by atoms with Crippen molar-refractivity contribution < 1.29 is 4.39 Å². The Morgan fingerprint density at radius 3 is 2.50 bits per heavy atom. The summed E-state index contributed by atoms with van der Waals surface area (Å²) in [6.45, 7) is 3.53. The lowest BCUT2D eigenvalue weighted by molar-refractivity contribution is 0.625. The molecule has 0 fully saturated rings. The van der Waals surface area contributed by atoms with Crippen molar-refractivity contribution in [3.63, 3.8) is 0 Å². The maximum atomic E-state index is 13.2. The van der Waals surface area contributed by atoms with Crippen LogP contribution in [-0.2, 0) is 0 Å². The highest BCUT2D eigenvalue weighted by Crippen LogP contribution is 2.30. The largest absolute Gasteiger partial charge is 0.205 e. The Morgan fingerprint density at radius 2 is 2.00 bits per heavy atom. The summed E-state index contributed by atoms with van der Waals surface area (Å²) < 4.78 is 13.6. The van der Waals surface area contributed by atoms with E-state index in [1.807, 2.05) is 0 Å². The second-order valence-electron chi connectivity index (χ2n) is 2.15. The van der Waals surface area contributed by atoms with Crippen molar-refractivity contribution in [3.8, 4) is 0 Å². The molecule has 1 aromatic carbocycles. The van der Waals surface area contributed by atoms with Crippen molar-refractivity contribution in [1.29, 1.82) is 0 Å². The van der Waals surface area contributed by atoms with E-state index in [2.05, 4.69) is 22.5 Å². The van der Waals surface area contributed by atoms with E-state index in [0.717, 1.165) is 0 Å². The van der Waals surface area contributed by atoms with Gasteiger partial charge < -0.3 is 0 Å². The molecule has 0 aliphatic rings. The zero-order valence-electron chi connectivity index (χ0n) is 5.87. The molecule has 0 nitrogen and oxygen atoms in total. The second-order valence-corrected chi connectivity index (χ2v) is 3.95. The molecular formula is C8H4BrCl2F. The van der Waals surface area contributed by atoms with Crippen LogP contribution in [0.5, 0.6) is 0 Å². The molecule has 0 aromatic heterocycles. The first kappa shape index (κ1) is 10.0. The lowest BCUT2D eigenvalue weighted by Gasteiger charge is -2.02. The molecule has 0 atom stereocenters. The molecule has 0 heterocycles. The summed E-state index contributed by atoms with van der Waals surface area (Å²) in [5, 5.41) is 0.384. The summed E-state index contributed by atoms with van der Waals surface area (Å²) in [6.07, 6.45) is 0. The van der Waals surface area contributed by atoms with E-state index in [1.54, 1.807) is 0 Å². The molecule has 0 radical (unpaired) electrons. The smallest absolute Gasteiger partial charge is 0.150 e. The summed E-state index contributed by atoms with van der Waals surface area (Å²) in [6, 6.07) is 2.80. The van der Waals surface area contributed by atoms with Gasteiger partial charge in [0.1, 0.15) is 5.82 Å². The Balaban J connectivity index is 3.37. The van der Waals surface area contributed by atoms with E-state index in [0.29, 0.717) is 9.51 Å². The van der Waals surface area contributed by atoms with Gasteiger partial charge in [-0.1, -0.05) is 45.7 Å². The molecule has 0 amide bonds. The lowest BCUT2D eigenvalue weighted by Crippen LogP contribution is -1.85. The first-order valence-electron chi connectivity index (χ1n) is 3.01. The van der Waals surface area contributed by atoms with Gasteiger partial charge in [-0.25, -0.2) is 4.39 Å². The van der Waals surface area contributed by atoms with E-state index in [4.69, 9.17) is 23.2 Å². The molecule has 4 heteroatoms. The van der Waals surface area contributed by atoms with E-state index in [-0.39, 0.29) is 10.6 Å². The van der Waals surface area contributed by atoms with Crippen molar-refractivity contribution in [2.45, 2.75) is 0 Å². The number of halogens is 4. The van der Waals surface area contributed by atoms with Crippen LogP contribution >= 0.6 is 39.1 Å². The van der Waals surface area contributed by atoms with Gasteiger partial charge >= 0.3 is 0 Å². The summed E-state index contributed by atoms with van der Waals surface area (Å²) in [7, 11) is 0. The first-order valence-corrected chi connectivity index (χ1v) is 4.56. The molecule has 12 heavy (non-hydrogen) atoms. The molecule has 0 unspecified atom stereocenters. The molecule has 0 aliphatic heterocycles. The number of hydrogen-bond donors (Lipinski definition) is 0. The molecule has 0 aliphatic carbocycles. The third-order valence-electron chi connectivity index (χ3n) is 1.29. The molecule has 0 spiro atoms. The quantitative estimate of drug-likeness (QED) is 0.659. The summed E-state index contributed by atoms with van der Waals surface area (Å²) in [5.41, 5.74) is 0.285. The van der Waals surface area contributed by atoms with Gasteiger partial charge in [-0.2, -0.15) is 0 Å². The Hall–Kier alpha value is -0.0500. The van der Waals surface area contributed by atoms with Crippen molar-refractivity contribution in [1.82, 2.24) is 0 Å². The summed E-state index contributed by atoms with van der Waals surface area (Å²) in [4.78, 5) is 0. The topological polar surface area (TPSA) is 0 Å². The van der Waals surface area contributed by atoms with Crippen molar-refractivity contribution in [2.24, 2.45) is 0 Å². The monoisotopic (exact) mass is 268 g/mol. The number of hydrogen-bond acceptors (Lipinski definition) is 0. The zero-order valence-corrected chi connectivity index (χ0v) is 8.97. The van der Waals surface area contributed by atoms with Crippen LogP contribution in [0.3, 0.4) is 0 Å². The Bertz CT molecular complexity index is 336. The van der Waals surface area contributed by atoms with E-state index < -0.39 is 5.82 Å². The minimum Gasteiger partial charge on any atom is -0.205 e. The molecule has 64 valence electrons. The minimum atomic E-state index is -0.511. The summed E-state index contributed by atoms with van der Waals surface area (Å²) >= 11 is 14.2. The van der Waals surface area contributed by atoms with E-state index in [9.17, 15) is 4.39 Å². The highest BCUT2D eigenvalue weighted by atomic mass is 79.9. The zero-order chi connectivity index (χ0) is 9.30. The maximum absolute atomic E-state index is 13.2. The van der Waals surface area contributed by atoms with Gasteiger partial charge in [0.15, 0.2) is 0 Å². The fourth-order valence-corrected chi connectivity index (χ4v) is 1.54. The molecule has 0 saturated carbocycles. The standard InChI is InChI=1S/C8H4BrCl2F/c1-4(9)6-2-5(10)3-7(11)8(6)12/h2-3H,1H2. The molecule has 0 saturated heterocycles. The van der Waals surface area contributed by atoms with Gasteiger partial charge in [-0.3, -0.25) is 0 Å². The number of benzene rings is 1. The number of rotatable bonds is 1. The van der Waals surface area contributed by atoms with Crippen LogP contribution in [0.1, 0.15) is 5.56 Å². The van der Waals surface area contributed by atoms with Crippen molar-refractivity contribution >= 4 is 43.6 Å². The van der Waals surface area contributed by atoms with Gasteiger partial charge in [-0.15, -0.1) is 0 Å². The fourth-order valence-electron chi connectivity index (χ4n) is 0.753. The molecule has 1 rings (SSSR count).